The molecule has 0 aliphatic rings. The summed E-state index contributed by atoms with van der Waals surface area (Å²) in [7, 11) is 0. The van der Waals surface area contributed by atoms with Crippen molar-refractivity contribution in [1.82, 2.24) is 9.55 Å². The quantitative estimate of drug-likeness (QED) is 0.659. The lowest BCUT2D eigenvalue weighted by Crippen LogP contribution is -2.05. The first-order valence-electron chi connectivity index (χ1n) is 5.51. The number of hydrogen-bond donors (Lipinski definition) is 1. The number of fused-ring (bicyclic) bond motifs is 1. The Balaban J connectivity index is 2.57. The Labute approximate surface area is 112 Å². The lowest BCUT2D eigenvalue weighted by molar-refractivity contribution is 0.747. The van der Waals surface area contributed by atoms with Gasteiger partial charge in [0, 0.05) is 18.0 Å². The van der Waals surface area contributed by atoms with E-state index in [1.54, 1.807) is 0 Å². The number of rotatable bonds is 4. The van der Waals surface area contributed by atoms with Crippen LogP contribution in [0.1, 0.15) is 12.7 Å². The van der Waals surface area contributed by atoms with Crippen molar-refractivity contribution in [2.24, 2.45) is 0 Å². The molecule has 0 spiro atoms. The van der Waals surface area contributed by atoms with Gasteiger partial charge in [-0.15, -0.1) is 0 Å². The van der Waals surface area contributed by atoms with Gasteiger partial charge in [-0.1, -0.05) is 23.8 Å². The highest BCUT2D eigenvalue weighted by atomic mass is 35.5. The number of halogens is 1. The van der Waals surface area contributed by atoms with Gasteiger partial charge < -0.3 is 4.57 Å². The van der Waals surface area contributed by atoms with Crippen LogP contribution in [0.25, 0.3) is 11.0 Å². The molecule has 1 aromatic carbocycles. The van der Waals surface area contributed by atoms with E-state index >= 15 is 0 Å². The minimum atomic E-state index is 0.717. The standard InChI is InChI=1S/C13H15ClN2S/c1-9(2)8-16-12-4-3-10(14)7-11(12)15-13(16)5-6-17/h3-4,7,17H,1,5-6,8H2,2H3. The van der Waals surface area contributed by atoms with E-state index in [2.05, 4.69) is 28.8 Å². The Morgan fingerprint density at radius 1 is 1.53 bits per heavy atom. The number of nitrogens with zero attached hydrogens (tertiary/aromatic N) is 2. The van der Waals surface area contributed by atoms with Gasteiger partial charge in [-0.05, 0) is 30.9 Å². The first-order valence-corrected chi connectivity index (χ1v) is 6.52. The zero-order valence-electron chi connectivity index (χ0n) is 9.78. The van der Waals surface area contributed by atoms with Gasteiger partial charge in [-0.2, -0.15) is 12.6 Å². The predicted molar refractivity (Wildman–Crippen MR) is 77.1 cm³/mol. The van der Waals surface area contributed by atoms with Crippen molar-refractivity contribution in [3.63, 3.8) is 0 Å². The predicted octanol–water partition coefficient (Wildman–Crippen LogP) is 3.74. The molecule has 0 saturated heterocycles. The van der Waals surface area contributed by atoms with E-state index in [0.29, 0.717) is 0 Å². The van der Waals surface area contributed by atoms with Gasteiger partial charge in [-0.3, -0.25) is 0 Å². The van der Waals surface area contributed by atoms with Crippen LogP contribution in [0.5, 0.6) is 0 Å². The molecule has 1 aromatic heterocycles. The number of hydrogen-bond acceptors (Lipinski definition) is 2. The summed E-state index contributed by atoms with van der Waals surface area (Å²) in [5, 5.41) is 0.717. The van der Waals surface area contributed by atoms with Crippen LogP contribution in [0.2, 0.25) is 5.02 Å². The molecule has 17 heavy (non-hydrogen) atoms. The summed E-state index contributed by atoms with van der Waals surface area (Å²) < 4.78 is 2.18. The second-order valence-electron chi connectivity index (χ2n) is 4.18. The highest BCUT2D eigenvalue weighted by molar-refractivity contribution is 7.80. The van der Waals surface area contributed by atoms with Crippen LogP contribution in [-0.4, -0.2) is 15.3 Å². The molecule has 0 aliphatic heterocycles. The molecule has 0 fully saturated rings. The van der Waals surface area contributed by atoms with Gasteiger partial charge >= 0.3 is 0 Å². The molecule has 90 valence electrons. The van der Waals surface area contributed by atoms with E-state index in [9.17, 15) is 0 Å². The highest BCUT2D eigenvalue weighted by Crippen LogP contribution is 2.21. The molecule has 0 saturated carbocycles. The van der Waals surface area contributed by atoms with E-state index in [-0.39, 0.29) is 0 Å². The summed E-state index contributed by atoms with van der Waals surface area (Å²) in [4.78, 5) is 4.60. The number of allylic oxidation sites excluding steroid dienone is 1. The van der Waals surface area contributed by atoms with E-state index in [1.807, 2.05) is 25.1 Å². The Morgan fingerprint density at radius 2 is 2.29 bits per heavy atom. The van der Waals surface area contributed by atoms with Crippen molar-refractivity contribution in [2.45, 2.75) is 19.9 Å². The van der Waals surface area contributed by atoms with E-state index in [4.69, 9.17) is 11.6 Å². The minimum absolute atomic E-state index is 0.717. The second-order valence-corrected chi connectivity index (χ2v) is 5.06. The van der Waals surface area contributed by atoms with E-state index in [0.717, 1.165) is 46.2 Å². The third kappa shape index (κ3) is 2.67. The van der Waals surface area contributed by atoms with Gasteiger partial charge in [0.25, 0.3) is 0 Å². The van der Waals surface area contributed by atoms with Crippen molar-refractivity contribution in [3.05, 3.63) is 41.2 Å². The number of thiol groups is 1. The first kappa shape index (κ1) is 12.5. The fraction of sp³-hybridized carbons (Fsp3) is 0.308. The van der Waals surface area contributed by atoms with Gasteiger partial charge in [-0.25, -0.2) is 4.98 Å². The Morgan fingerprint density at radius 3 is 2.94 bits per heavy atom. The molecule has 0 bridgehead atoms. The molecule has 0 unspecified atom stereocenters. The zero-order valence-corrected chi connectivity index (χ0v) is 11.4. The largest absolute Gasteiger partial charge is 0.324 e. The van der Waals surface area contributed by atoms with Crippen LogP contribution < -0.4 is 0 Å². The number of benzene rings is 1. The third-order valence-corrected chi connectivity index (χ3v) is 3.01. The molecule has 0 radical (unpaired) electrons. The molecular formula is C13H15ClN2S. The summed E-state index contributed by atoms with van der Waals surface area (Å²) in [5.41, 5.74) is 3.16. The Kier molecular flexibility index (Phi) is 3.79. The Hall–Kier alpha value is -0.930. The smallest absolute Gasteiger partial charge is 0.110 e. The summed E-state index contributed by atoms with van der Waals surface area (Å²) in [6.45, 7) is 6.77. The average molecular weight is 267 g/mol. The van der Waals surface area contributed by atoms with Crippen LogP contribution in [0.4, 0.5) is 0 Å². The first-order chi connectivity index (χ1) is 8.11. The summed E-state index contributed by atoms with van der Waals surface area (Å²) in [5.74, 6) is 1.83. The van der Waals surface area contributed by atoms with Crippen molar-refractivity contribution in [1.29, 1.82) is 0 Å². The van der Waals surface area contributed by atoms with Gasteiger partial charge in [0.05, 0.1) is 11.0 Å². The van der Waals surface area contributed by atoms with E-state index < -0.39 is 0 Å². The van der Waals surface area contributed by atoms with Crippen LogP contribution in [0, 0.1) is 0 Å². The van der Waals surface area contributed by atoms with Gasteiger partial charge in [0.2, 0.25) is 0 Å². The van der Waals surface area contributed by atoms with Crippen molar-refractivity contribution in [2.75, 3.05) is 5.75 Å². The van der Waals surface area contributed by atoms with Crippen LogP contribution >= 0.6 is 24.2 Å². The van der Waals surface area contributed by atoms with E-state index in [1.165, 1.54) is 0 Å². The van der Waals surface area contributed by atoms with Gasteiger partial charge in [0.15, 0.2) is 0 Å². The maximum Gasteiger partial charge on any atom is 0.110 e. The summed E-state index contributed by atoms with van der Waals surface area (Å²) in [6, 6.07) is 5.80. The lowest BCUT2D eigenvalue weighted by Gasteiger charge is -2.07. The molecule has 4 heteroatoms. The van der Waals surface area contributed by atoms with Crippen LogP contribution in [0.3, 0.4) is 0 Å². The second kappa shape index (κ2) is 5.15. The Bertz CT molecular complexity index is 560. The number of aromatic nitrogens is 2. The highest BCUT2D eigenvalue weighted by Gasteiger charge is 2.10. The van der Waals surface area contributed by atoms with Crippen molar-refractivity contribution >= 4 is 35.3 Å². The maximum absolute atomic E-state index is 5.98. The number of aryl methyl sites for hydroxylation is 1. The topological polar surface area (TPSA) is 17.8 Å². The van der Waals surface area contributed by atoms with Crippen molar-refractivity contribution in [3.8, 4) is 0 Å². The summed E-state index contributed by atoms with van der Waals surface area (Å²) >= 11 is 10.3. The molecule has 2 nitrogen and oxygen atoms in total. The monoisotopic (exact) mass is 266 g/mol. The lowest BCUT2D eigenvalue weighted by atomic mass is 10.3. The maximum atomic E-state index is 5.98. The molecule has 0 aliphatic carbocycles. The molecule has 2 aromatic rings. The third-order valence-electron chi connectivity index (χ3n) is 2.55. The number of imidazole rings is 1. The van der Waals surface area contributed by atoms with Gasteiger partial charge in [0.1, 0.15) is 5.82 Å². The van der Waals surface area contributed by atoms with Crippen LogP contribution in [-0.2, 0) is 13.0 Å². The summed E-state index contributed by atoms with van der Waals surface area (Å²) in [6.07, 6.45) is 0.850. The molecule has 0 atom stereocenters. The molecule has 2 rings (SSSR count). The zero-order chi connectivity index (χ0) is 12.4. The molecule has 0 N–H and O–H groups in total. The SMILES string of the molecule is C=C(C)Cn1c(CCS)nc2cc(Cl)ccc21. The normalized spacial score (nSPS) is 11.0. The van der Waals surface area contributed by atoms with Crippen molar-refractivity contribution < 1.29 is 0 Å². The molecule has 1 heterocycles. The van der Waals surface area contributed by atoms with Crippen LogP contribution in [0.15, 0.2) is 30.4 Å². The minimum Gasteiger partial charge on any atom is -0.324 e. The fourth-order valence-electron chi connectivity index (χ4n) is 1.89. The molecular weight excluding hydrogens is 252 g/mol. The molecule has 0 amide bonds. The average Bonchev–Trinajstić information content (AvgIpc) is 2.56. The fourth-order valence-corrected chi connectivity index (χ4v) is 2.26.